The zero-order valence-electron chi connectivity index (χ0n) is 11.5. The first-order valence-corrected chi connectivity index (χ1v) is 7.62. The van der Waals surface area contributed by atoms with Crippen molar-refractivity contribution in [3.8, 4) is 5.75 Å². The number of esters is 1. The summed E-state index contributed by atoms with van der Waals surface area (Å²) in [5, 5.41) is 0.614. The Morgan fingerprint density at radius 1 is 0.955 bits per heavy atom. The van der Waals surface area contributed by atoms with Gasteiger partial charge in [0.05, 0.1) is 21.5 Å². The lowest BCUT2D eigenvalue weighted by Gasteiger charge is -2.07. The van der Waals surface area contributed by atoms with E-state index in [4.69, 9.17) is 27.9 Å². The van der Waals surface area contributed by atoms with E-state index in [0.717, 1.165) is 12.8 Å². The first-order chi connectivity index (χ1) is 10.6. The molecule has 5 heteroatoms. The number of rotatable bonds is 4. The molecule has 1 fully saturated rings. The molecular weight excluding hydrogens is 323 g/mol. The van der Waals surface area contributed by atoms with E-state index >= 15 is 0 Å². The van der Waals surface area contributed by atoms with E-state index in [-0.39, 0.29) is 23.2 Å². The average molecular weight is 335 g/mol. The van der Waals surface area contributed by atoms with Gasteiger partial charge >= 0.3 is 5.97 Å². The molecule has 3 rings (SSSR count). The van der Waals surface area contributed by atoms with Crippen molar-refractivity contribution in [2.75, 3.05) is 0 Å². The quantitative estimate of drug-likeness (QED) is 0.468. The highest BCUT2D eigenvalue weighted by atomic mass is 35.5. The lowest BCUT2D eigenvalue weighted by atomic mass is 10.0. The summed E-state index contributed by atoms with van der Waals surface area (Å²) in [5.41, 5.74) is 0.703. The van der Waals surface area contributed by atoms with Crippen molar-refractivity contribution in [1.82, 2.24) is 0 Å². The molecule has 0 amide bonds. The van der Waals surface area contributed by atoms with Crippen molar-refractivity contribution in [2.24, 2.45) is 5.92 Å². The van der Waals surface area contributed by atoms with E-state index in [1.165, 1.54) is 0 Å². The molecule has 0 spiro atoms. The number of halogens is 2. The number of hydrogen-bond acceptors (Lipinski definition) is 3. The minimum atomic E-state index is -0.268. The Morgan fingerprint density at radius 3 is 2.09 bits per heavy atom. The molecule has 0 bridgehead atoms. The number of carbonyl (C=O) groups is 2. The third kappa shape index (κ3) is 3.16. The van der Waals surface area contributed by atoms with Crippen LogP contribution in [-0.4, -0.2) is 11.8 Å². The molecule has 0 radical (unpaired) electrons. The van der Waals surface area contributed by atoms with Gasteiger partial charge in [-0.3, -0.25) is 9.59 Å². The van der Waals surface area contributed by atoms with Crippen LogP contribution in [0.1, 0.15) is 28.8 Å². The van der Waals surface area contributed by atoms with Crippen LogP contribution in [0.25, 0.3) is 0 Å². The molecule has 3 nitrogen and oxygen atoms in total. The smallest absolute Gasteiger partial charge is 0.314 e. The molecule has 22 heavy (non-hydrogen) atoms. The second-order valence-corrected chi connectivity index (χ2v) is 5.96. The third-order valence-electron chi connectivity index (χ3n) is 3.44. The van der Waals surface area contributed by atoms with Gasteiger partial charge in [0.1, 0.15) is 5.75 Å². The molecule has 0 saturated heterocycles. The van der Waals surface area contributed by atoms with Gasteiger partial charge in [0, 0.05) is 5.56 Å². The predicted octanol–water partition coefficient (Wildman–Crippen LogP) is 4.54. The van der Waals surface area contributed by atoms with Crippen molar-refractivity contribution in [3.63, 3.8) is 0 Å². The third-order valence-corrected chi connectivity index (χ3v) is 4.07. The molecule has 0 atom stereocenters. The molecule has 112 valence electrons. The Morgan fingerprint density at radius 2 is 1.55 bits per heavy atom. The summed E-state index contributed by atoms with van der Waals surface area (Å²) in [5.74, 6) is -0.0224. The molecule has 1 aliphatic carbocycles. The number of carbonyl (C=O) groups excluding carboxylic acids is 2. The maximum absolute atomic E-state index is 12.5. The van der Waals surface area contributed by atoms with Crippen molar-refractivity contribution in [1.29, 1.82) is 0 Å². The van der Waals surface area contributed by atoms with Crippen molar-refractivity contribution in [2.45, 2.75) is 12.8 Å². The van der Waals surface area contributed by atoms with E-state index < -0.39 is 0 Å². The summed E-state index contributed by atoms with van der Waals surface area (Å²) < 4.78 is 5.22. The molecule has 0 unspecified atom stereocenters. The lowest BCUT2D eigenvalue weighted by molar-refractivity contribution is -0.135. The van der Waals surface area contributed by atoms with E-state index in [0.29, 0.717) is 21.4 Å². The molecule has 2 aromatic rings. The van der Waals surface area contributed by atoms with Crippen LogP contribution < -0.4 is 4.74 Å². The number of hydrogen-bond donors (Lipinski definition) is 0. The fourth-order valence-corrected chi connectivity index (χ4v) is 2.62. The standard InChI is InChI=1S/C17H12Cl2O3/c18-13-2-1-3-14(19)15(13)16(20)10-6-8-12(9-7-10)22-17(21)11-4-5-11/h1-3,6-9,11H,4-5H2. The normalized spacial score (nSPS) is 13.7. The molecule has 1 aliphatic rings. The Balaban J connectivity index is 1.80. The number of ketones is 1. The minimum absolute atomic E-state index is 0.0308. The summed E-state index contributed by atoms with van der Waals surface area (Å²) in [6.07, 6.45) is 1.78. The number of benzene rings is 2. The van der Waals surface area contributed by atoms with Gasteiger partial charge < -0.3 is 4.74 Å². The highest BCUT2D eigenvalue weighted by molar-refractivity contribution is 6.41. The van der Waals surface area contributed by atoms with Crippen molar-refractivity contribution in [3.05, 3.63) is 63.6 Å². The molecule has 1 saturated carbocycles. The lowest BCUT2D eigenvalue weighted by Crippen LogP contribution is -2.10. The van der Waals surface area contributed by atoms with Crippen LogP contribution in [0, 0.1) is 5.92 Å². The maximum Gasteiger partial charge on any atom is 0.314 e. The SMILES string of the molecule is O=C(c1ccc(OC(=O)C2CC2)cc1)c1c(Cl)cccc1Cl. The Labute approximate surface area is 137 Å². The zero-order valence-corrected chi connectivity index (χ0v) is 13.0. The van der Waals surface area contributed by atoms with E-state index in [9.17, 15) is 9.59 Å². The van der Waals surface area contributed by atoms with Gasteiger partial charge in [0.15, 0.2) is 5.78 Å². The van der Waals surface area contributed by atoms with Crippen LogP contribution in [0.5, 0.6) is 5.75 Å². The van der Waals surface area contributed by atoms with Crippen molar-refractivity contribution < 1.29 is 14.3 Å². The van der Waals surface area contributed by atoms with Crippen LogP contribution in [0.3, 0.4) is 0 Å². The fraction of sp³-hybridized carbons (Fsp3) is 0.176. The molecule has 2 aromatic carbocycles. The average Bonchev–Trinajstić information content (AvgIpc) is 3.32. The molecule has 0 aliphatic heterocycles. The van der Waals surface area contributed by atoms with Crippen LogP contribution in [0.4, 0.5) is 0 Å². The Bertz CT molecular complexity index is 714. The number of ether oxygens (including phenoxy) is 1. The van der Waals surface area contributed by atoms with Gasteiger partial charge in [-0.2, -0.15) is 0 Å². The molecule has 0 N–H and O–H groups in total. The zero-order chi connectivity index (χ0) is 15.7. The molecular formula is C17H12Cl2O3. The van der Waals surface area contributed by atoms with Gasteiger partial charge in [-0.05, 0) is 49.2 Å². The largest absolute Gasteiger partial charge is 0.426 e. The maximum atomic E-state index is 12.5. The topological polar surface area (TPSA) is 43.4 Å². The minimum Gasteiger partial charge on any atom is -0.426 e. The molecule has 0 aromatic heterocycles. The van der Waals surface area contributed by atoms with Crippen LogP contribution in [0.15, 0.2) is 42.5 Å². The van der Waals surface area contributed by atoms with Gasteiger partial charge in [0.25, 0.3) is 0 Å². The van der Waals surface area contributed by atoms with Crippen LogP contribution >= 0.6 is 23.2 Å². The monoisotopic (exact) mass is 334 g/mol. The highest BCUT2D eigenvalue weighted by Crippen LogP contribution is 2.31. The van der Waals surface area contributed by atoms with Gasteiger partial charge in [-0.15, -0.1) is 0 Å². The summed E-state index contributed by atoms with van der Waals surface area (Å²) in [4.78, 5) is 24.0. The summed E-state index contributed by atoms with van der Waals surface area (Å²) in [6.45, 7) is 0. The van der Waals surface area contributed by atoms with E-state index in [1.807, 2.05) is 0 Å². The second kappa shape index (κ2) is 6.11. The van der Waals surface area contributed by atoms with Gasteiger partial charge in [-0.25, -0.2) is 0 Å². The summed E-state index contributed by atoms with van der Waals surface area (Å²) >= 11 is 12.1. The fourth-order valence-electron chi connectivity index (χ4n) is 2.05. The van der Waals surface area contributed by atoms with E-state index in [2.05, 4.69) is 0 Å². The highest BCUT2D eigenvalue weighted by Gasteiger charge is 2.31. The molecule has 0 heterocycles. The van der Waals surface area contributed by atoms with E-state index in [1.54, 1.807) is 42.5 Å². The summed E-state index contributed by atoms with van der Waals surface area (Å²) in [7, 11) is 0. The predicted molar refractivity (Wildman–Crippen MR) is 84.7 cm³/mol. The Kier molecular flexibility index (Phi) is 4.19. The first kappa shape index (κ1) is 15.1. The van der Waals surface area contributed by atoms with Crippen LogP contribution in [0.2, 0.25) is 10.0 Å². The van der Waals surface area contributed by atoms with Crippen molar-refractivity contribution >= 4 is 35.0 Å². The van der Waals surface area contributed by atoms with Gasteiger partial charge in [0.2, 0.25) is 0 Å². The van der Waals surface area contributed by atoms with Gasteiger partial charge in [-0.1, -0.05) is 29.3 Å². The second-order valence-electron chi connectivity index (χ2n) is 5.15. The first-order valence-electron chi connectivity index (χ1n) is 6.87. The Hall–Kier alpha value is -1.84. The summed E-state index contributed by atoms with van der Waals surface area (Å²) in [6, 6.07) is 11.3. The van der Waals surface area contributed by atoms with Crippen LogP contribution in [-0.2, 0) is 4.79 Å².